The molecule has 1 amide bonds. The van der Waals surface area contributed by atoms with Gasteiger partial charge in [-0.2, -0.15) is 4.98 Å². The molecule has 0 atom stereocenters. The molecule has 2 aromatic heterocycles. The fourth-order valence-electron chi connectivity index (χ4n) is 2.22. The molecule has 0 saturated heterocycles. The summed E-state index contributed by atoms with van der Waals surface area (Å²) in [7, 11) is 3.26. The van der Waals surface area contributed by atoms with Crippen molar-refractivity contribution in [2.75, 3.05) is 23.9 Å². The van der Waals surface area contributed by atoms with Crippen LogP contribution in [0.4, 0.5) is 11.6 Å². The van der Waals surface area contributed by atoms with Crippen molar-refractivity contribution in [2.24, 2.45) is 7.05 Å². The molecule has 0 saturated carbocycles. The van der Waals surface area contributed by atoms with E-state index in [-0.39, 0.29) is 29.1 Å². The van der Waals surface area contributed by atoms with Gasteiger partial charge < -0.3 is 25.5 Å². The van der Waals surface area contributed by atoms with Crippen molar-refractivity contribution in [3.8, 4) is 11.5 Å². The normalized spacial score (nSPS) is 10.8. The van der Waals surface area contributed by atoms with E-state index in [2.05, 4.69) is 20.3 Å². The van der Waals surface area contributed by atoms with E-state index in [1.54, 1.807) is 23.0 Å². The SMILES string of the molecule is COc1cc(NC(=O)CSc2nc(N)nc3ncn(C)c23)ccc1O. The molecule has 0 radical (unpaired) electrons. The van der Waals surface area contributed by atoms with Gasteiger partial charge in [-0.05, 0) is 12.1 Å². The molecule has 9 nitrogen and oxygen atoms in total. The van der Waals surface area contributed by atoms with Gasteiger partial charge in [0, 0.05) is 18.8 Å². The second-order valence-corrected chi connectivity index (χ2v) is 6.10. The van der Waals surface area contributed by atoms with Crippen LogP contribution in [-0.2, 0) is 11.8 Å². The number of amides is 1. The highest BCUT2D eigenvalue weighted by atomic mass is 32.2. The topological polar surface area (TPSA) is 128 Å². The highest BCUT2D eigenvalue weighted by molar-refractivity contribution is 8.00. The highest BCUT2D eigenvalue weighted by Gasteiger charge is 2.14. The number of phenols is 1. The fourth-order valence-corrected chi connectivity index (χ4v) is 3.09. The van der Waals surface area contributed by atoms with Crippen molar-refractivity contribution in [3.05, 3.63) is 24.5 Å². The van der Waals surface area contributed by atoms with Crippen LogP contribution in [0.1, 0.15) is 0 Å². The van der Waals surface area contributed by atoms with Crippen molar-refractivity contribution in [2.45, 2.75) is 5.03 Å². The zero-order valence-electron chi connectivity index (χ0n) is 13.6. The molecule has 3 rings (SSSR count). The fraction of sp³-hybridized carbons (Fsp3) is 0.200. The second-order valence-electron chi connectivity index (χ2n) is 5.14. The maximum Gasteiger partial charge on any atom is 0.234 e. The second kappa shape index (κ2) is 6.85. The van der Waals surface area contributed by atoms with Crippen molar-refractivity contribution < 1.29 is 14.6 Å². The van der Waals surface area contributed by atoms with Gasteiger partial charge in [-0.3, -0.25) is 4.79 Å². The number of carbonyl (C=O) groups is 1. The number of thioether (sulfide) groups is 1. The number of imidazole rings is 1. The molecular formula is C15H16N6O3S. The van der Waals surface area contributed by atoms with Gasteiger partial charge in [0.25, 0.3) is 0 Å². The smallest absolute Gasteiger partial charge is 0.234 e. The van der Waals surface area contributed by atoms with Crippen LogP contribution < -0.4 is 15.8 Å². The van der Waals surface area contributed by atoms with E-state index in [0.29, 0.717) is 16.4 Å². The summed E-state index contributed by atoms with van der Waals surface area (Å²) in [6.45, 7) is 0. The molecule has 2 heterocycles. The summed E-state index contributed by atoms with van der Waals surface area (Å²) in [5.74, 6) is 0.290. The number of hydrogen-bond acceptors (Lipinski definition) is 8. The number of nitrogens with one attached hydrogen (secondary N) is 1. The largest absolute Gasteiger partial charge is 0.504 e. The number of methoxy groups -OCH3 is 1. The number of aromatic nitrogens is 4. The third-order valence-electron chi connectivity index (χ3n) is 3.36. The van der Waals surface area contributed by atoms with Gasteiger partial charge in [0.05, 0.1) is 19.2 Å². The summed E-state index contributed by atoms with van der Waals surface area (Å²) in [6, 6.07) is 4.58. The van der Waals surface area contributed by atoms with Gasteiger partial charge in [-0.25, -0.2) is 9.97 Å². The summed E-state index contributed by atoms with van der Waals surface area (Å²) in [5, 5.41) is 12.9. The Labute approximate surface area is 147 Å². The minimum Gasteiger partial charge on any atom is -0.504 e. The maximum absolute atomic E-state index is 12.2. The van der Waals surface area contributed by atoms with Crippen molar-refractivity contribution in [1.29, 1.82) is 0 Å². The molecule has 0 aliphatic rings. The van der Waals surface area contributed by atoms with Crippen LogP contribution in [0.2, 0.25) is 0 Å². The van der Waals surface area contributed by atoms with Gasteiger partial charge in [0.2, 0.25) is 11.9 Å². The minimum atomic E-state index is -0.231. The molecule has 130 valence electrons. The first-order chi connectivity index (χ1) is 12.0. The number of benzene rings is 1. The standard InChI is InChI=1S/C15H16N6O3S/c1-21-7-17-13-12(21)14(20-15(16)19-13)25-6-11(23)18-8-3-4-9(22)10(5-8)24-2/h3-5,7,22H,6H2,1-2H3,(H,18,23)(H2,16,19,20). The Kier molecular flexibility index (Phi) is 4.61. The summed E-state index contributed by atoms with van der Waals surface area (Å²) in [4.78, 5) is 24.6. The number of fused-ring (bicyclic) bond motifs is 1. The Bertz CT molecular complexity index is 942. The van der Waals surface area contributed by atoms with Crippen LogP contribution in [0.15, 0.2) is 29.6 Å². The number of rotatable bonds is 5. The molecule has 0 aliphatic heterocycles. The number of phenolic OH excluding ortho intramolecular Hbond substituents is 1. The van der Waals surface area contributed by atoms with E-state index in [4.69, 9.17) is 10.5 Å². The maximum atomic E-state index is 12.2. The number of carbonyl (C=O) groups excluding carboxylic acids is 1. The van der Waals surface area contributed by atoms with E-state index in [1.165, 1.54) is 24.9 Å². The average molecular weight is 360 g/mol. The predicted octanol–water partition coefficient (Wildman–Crippen LogP) is 1.39. The zero-order valence-corrected chi connectivity index (χ0v) is 14.4. The quantitative estimate of drug-likeness (QED) is 0.354. The lowest BCUT2D eigenvalue weighted by molar-refractivity contribution is -0.113. The van der Waals surface area contributed by atoms with E-state index >= 15 is 0 Å². The molecule has 25 heavy (non-hydrogen) atoms. The zero-order chi connectivity index (χ0) is 18.0. The summed E-state index contributed by atoms with van der Waals surface area (Å²) < 4.78 is 6.79. The number of ether oxygens (including phenoxy) is 1. The van der Waals surface area contributed by atoms with Crippen LogP contribution in [0, 0.1) is 0 Å². The molecule has 0 aliphatic carbocycles. The lowest BCUT2D eigenvalue weighted by Crippen LogP contribution is -2.14. The van der Waals surface area contributed by atoms with Crippen molar-refractivity contribution >= 4 is 40.5 Å². The van der Waals surface area contributed by atoms with E-state index < -0.39 is 0 Å². The monoisotopic (exact) mass is 360 g/mol. The third-order valence-corrected chi connectivity index (χ3v) is 4.32. The number of aromatic hydroxyl groups is 1. The van der Waals surface area contributed by atoms with Crippen LogP contribution in [-0.4, -0.2) is 43.4 Å². The lowest BCUT2D eigenvalue weighted by atomic mass is 10.3. The van der Waals surface area contributed by atoms with Crippen LogP contribution >= 0.6 is 11.8 Å². The third kappa shape index (κ3) is 3.58. The highest BCUT2D eigenvalue weighted by Crippen LogP contribution is 2.29. The van der Waals surface area contributed by atoms with E-state index in [0.717, 1.165) is 5.52 Å². The van der Waals surface area contributed by atoms with Crippen LogP contribution in [0.5, 0.6) is 11.5 Å². The van der Waals surface area contributed by atoms with E-state index in [9.17, 15) is 9.90 Å². The minimum absolute atomic E-state index is 0.00457. The van der Waals surface area contributed by atoms with Gasteiger partial charge in [-0.15, -0.1) is 0 Å². The number of hydrogen-bond donors (Lipinski definition) is 3. The Hall–Kier alpha value is -3.01. The first-order valence-electron chi connectivity index (χ1n) is 7.22. The Balaban J connectivity index is 1.72. The summed E-state index contributed by atoms with van der Waals surface area (Å²) in [6.07, 6.45) is 1.62. The number of nitrogen functional groups attached to an aromatic ring is 1. The summed E-state index contributed by atoms with van der Waals surface area (Å²) >= 11 is 1.24. The number of nitrogens with two attached hydrogens (primary N) is 1. The molecule has 0 bridgehead atoms. The Morgan fingerprint density at radius 2 is 2.24 bits per heavy atom. The Morgan fingerprint density at radius 3 is 3.00 bits per heavy atom. The molecule has 0 unspecified atom stereocenters. The molecule has 0 spiro atoms. The number of nitrogens with zero attached hydrogens (tertiary/aromatic N) is 4. The van der Waals surface area contributed by atoms with Gasteiger partial charge in [0.1, 0.15) is 10.5 Å². The summed E-state index contributed by atoms with van der Waals surface area (Å²) in [5.41, 5.74) is 7.42. The molecular weight excluding hydrogens is 344 g/mol. The van der Waals surface area contributed by atoms with Gasteiger partial charge in [-0.1, -0.05) is 11.8 Å². The number of anilines is 2. The first-order valence-corrected chi connectivity index (χ1v) is 8.20. The molecule has 10 heteroatoms. The first kappa shape index (κ1) is 16.8. The predicted molar refractivity (Wildman–Crippen MR) is 94.7 cm³/mol. The van der Waals surface area contributed by atoms with Crippen LogP contribution in [0.25, 0.3) is 11.2 Å². The molecule has 4 N–H and O–H groups in total. The molecule has 3 aromatic rings. The Morgan fingerprint density at radius 1 is 1.44 bits per heavy atom. The average Bonchev–Trinajstić information content (AvgIpc) is 2.95. The number of aryl methyl sites for hydroxylation is 1. The van der Waals surface area contributed by atoms with Crippen molar-refractivity contribution in [1.82, 2.24) is 19.5 Å². The molecule has 0 fully saturated rings. The molecule has 1 aromatic carbocycles. The van der Waals surface area contributed by atoms with Gasteiger partial charge in [0.15, 0.2) is 17.1 Å². The van der Waals surface area contributed by atoms with Crippen molar-refractivity contribution in [3.63, 3.8) is 0 Å². The van der Waals surface area contributed by atoms with Crippen LogP contribution in [0.3, 0.4) is 0 Å². The lowest BCUT2D eigenvalue weighted by Gasteiger charge is -2.09. The van der Waals surface area contributed by atoms with E-state index in [1.807, 2.05) is 7.05 Å². The van der Waals surface area contributed by atoms with Gasteiger partial charge >= 0.3 is 0 Å².